The van der Waals surface area contributed by atoms with E-state index in [9.17, 15) is 0 Å². The normalized spacial score (nSPS) is 29.2. The highest BCUT2D eigenvalue weighted by atomic mass is 15.2. The zero-order chi connectivity index (χ0) is 11.8. The second-order valence-electron chi connectivity index (χ2n) is 5.68. The topological polar surface area (TPSA) is 29.3 Å². The van der Waals surface area contributed by atoms with E-state index in [1.807, 2.05) is 6.07 Å². The second-order valence-corrected chi connectivity index (χ2v) is 5.68. The first-order chi connectivity index (χ1) is 8.25. The molecule has 1 aliphatic carbocycles. The predicted molar refractivity (Wildman–Crippen MR) is 71.8 cm³/mol. The first kappa shape index (κ1) is 11.1. The van der Waals surface area contributed by atoms with E-state index >= 15 is 0 Å². The molecular formula is C15H22N2. The van der Waals surface area contributed by atoms with Crippen LogP contribution in [0.5, 0.6) is 0 Å². The summed E-state index contributed by atoms with van der Waals surface area (Å²) in [5, 5.41) is 0. The number of anilines is 1. The van der Waals surface area contributed by atoms with E-state index in [1.54, 1.807) is 0 Å². The third-order valence-corrected chi connectivity index (χ3v) is 4.62. The maximum atomic E-state index is 6.11. The molecule has 1 aromatic carbocycles. The second kappa shape index (κ2) is 4.34. The SMILES string of the molecule is CC1CCCC1N1CCc2cccc(N)c2C1. The van der Waals surface area contributed by atoms with Crippen LogP contribution in [0, 0.1) is 5.92 Å². The molecule has 3 rings (SSSR count). The van der Waals surface area contributed by atoms with Crippen LogP contribution in [0.15, 0.2) is 18.2 Å². The van der Waals surface area contributed by atoms with Gasteiger partial charge in [-0.25, -0.2) is 0 Å². The van der Waals surface area contributed by atoms with E-state index in [4.69, 9.17) is 5.73 Å². The van der Waals surface area contributed by atoms with E-state index in [1.165, 1.54) is 43.4 Å². The molecule has 2 nitrogen and oxygen atoms in total. The molecule has 0 spiro atoms. The Kier molecular flexibility index (Phi) is 2.83. The Morgan fingerprint density at radius 1 is 1.29 bits per heavy atom. The van der Waals surface area contributed by atoms with Gasteiger partial charge in [-0.1, -0.05) is 25.5 Å². The van der Waals surface area contributed by atoms with Gasteiger partial charge in [0.05, 0.1) is 0 Å². The summed E-state index contributed by atoms with van der Waals surface area (Å²) in [6, 6.07) is 7.16. The van der Waals surface area contributed by atoms with Gasteiger partial charge in [0, 0.05) is 24.8 Å². The summed E-state index contributed by atoms with van der Waals surface area (Å²) in [6.45, 7) is 4.68. The van der Waals surface area contributed by atoms with Gasteiger partial charge in [0.1, 0.15) is 0 Å². The van der Waals surface area contributed by atoms with Crippen molar-refractivity contribution in [1.29, 1.82) is 0 Å². The molecule has 0 aromatic heterocycles. The quantitative estimate of drug-likeness (QED) is 0.752. The van der Waals surface area contributed by atoms with Crippen LogP contribution >= 0.6 is 0 Å². The Hall–Kier alpha value is -1.02. The molecule has 2 heteroatoms. The van der Waals surface area contributed by atoms with Crippen molar-refractivity contribution < 1.29 is 0 Å². The highest BCUT2D eigenvalue weighted by molar-refractivity contribution is 5.51. The van der Waals surface area contributed by atoms with Gasteiger partial charge in [-0.2, -0.15) is 0 Å². The molecule has 1 aliphatic heterocycles. The van der Waals surface area contributed by atoms with Gasteiger partial charge in [0.2, 0.25) is 0 Å². The minimum absolute atomic E-state index is 0.794. The van der Waals surface area contributed by atoms with Crippen molar-refractivity contribution in [3.05, 3.63) is 29.3 Å². The molecule has 0 radical (unpaired) electrons. The van der Waals surface area contributed by atoms with Crippen LogP contribution < -0.4 is 5.73 Å². The van der Waals surface area contributed by atoms with Gasteiger partial charge in [0.15, 0.2) is 0 Å². The molecule has 17 heavy (non-hydrogen) atoms. The Balaban J connectivity index is 1.82. The summed E-state index contributed by atoms with van der Waals surface area (Å²) in [6.07, 6.45) is 5.35. The molecule has 1 aromatic rings. The first-order valence-corrected chi connectivity index (χ1v) is 6.86. The van der Waals surface area contributed by atoms with Crippen LogP contribution in [-0.4, -0.2) is 17.5 Å². The number of rotatable bonds is 1. The van der Waals surface area contributed by atoms with Crippen molar-refractivity contribution in [3.8, 4) is 0 Å². The molecule has 2 aliphatic rings. The Morgan fingerprint density at radius 2 is 2.18 bits per heavy atom. The lowest BCUT2D eigenvalue weighted by atomic mass is 9.95. The van der Waals surface area contributed by atoms with Gasteiger partial charge >= 0.3 is 0 Å². The molecule has 1 saturated carbocycles. The van der Waals surface area contributed by atoms with Gasteiger partial charge in [-0.15, -0.1) is 0 Å². The highest BCUT2D eigenvalue weighted by Gasteiger charge is 2.31. The van der Waals surface area contributed by atoms with Crippen LogP contribution in [0.1, 0.15) is 37.3 Å². The molecule has 0 saturated heterocycles. The Bertz CT molecular complexity index is 413. The maximum Gasteiger partial charge on any atom is 0.0362 e. The third kappa shape index (κ3) is 1.95. The number of hydrogen-bond acceptors (Lipinski definition) is 2. The fourth-order valence-electron chi connectivity index (χ4n) is 3.58. The number of nitrogen functional groups attached to an aromatic ring is 1. The first-order valence-electron chi connectivity index (χ1n) is 6.86. The molecule has 1 fully saturated rings. The minimum atomic E-state index is 0.794. The zero-order valence-corrected chi connectivity index (χ0v) is 10.7. The number of nitrogens with zero attached hydrogens (tertiary/aromatic N) is 1. The number of fused-ring (bicyclic) bond motifs is 1. The minimum Gasteiger partial charge on any atom is -0.398 e. The molecule has 0 amide bonds. The fraction of sp³-hybridized carbons (Fsp3) is 0.600. The summed E-state index contributed by atoms with van der Waals surface area (Å²) >= 11 is 0. The van der Waals surface area contributed by atoms with Crippen LogP contribution in [0.4, 0.5) is 5.69 Å². The lowest BCUT2D eigenvalue weighted by molar-refractivity contribution is 0.151. The van der Waals surface area contributed by atoms with Crippen molar-refractivity contribution in [3.63, 3.8) is 0 Å². The number of nitrogens with two attached hydrogens (primary N) is 1. The van der Waals surface area contributed by atoms with Crippen molar-refractivity contribution in [2.24, 2.45) is 5.92 Å². The summed E-state index contributed by atoms with van der Waals surface area (Å²) in [7, 11) is 0. The van der Waals surface area contributed by atoms with E-state index in [2.05, 4.69) is 24.0 Å². The largest absolute Gasteiger partial charge is 0.398 e. The molecule has 2 N–H and O–H groups in total. The summed E-state index contributed by atoms with van der Waals surface area (Å²) < 4.78 is 0. The average molecular weight is 230 g/mol. The van der Waals surface area contributed by atoms with Gasteiger partial charge in [-0.05, 0) is 42.4 Å². The van der Waals surface area contributed by atoms with Gasteiger partial charge in [-0.3, -0.25) is 4.90 Å². The van der Waals surface area contributed by atoms with Crippen molar-refractivity contribution in [2.45, 2.75) is 45.2 Å². The summed E-state index contributed by atoms with van der Waals surface area (Å²) in [5.41, 5.74) is 9.95. The van der Waals surface area contributed by atoms with Gasteiger partial charge in [0.25, 0.3) is 0 Å². The number of hydrogen-bond donors (Lipinski definition) is 1. The van der Waals surface area contributed by atoms with Crippen molar-refractivity contribution in [1.82, 2.24) is 4.90 Å². The molecule has 0 bridgehead atoms. The molecule has 1 heterocycles. The zero-order valence-electron chi connectivity index (χ0n) is 10.7. The summed E-state index contributed by atoms with van der Waals surface area (Å²) in [4.78, 5) is 2.66. The van der Waals surface area contributed by atoms with E-state index < -0.39 is 0 Å². The maximum absolute atomic E-state index is 6.11. The molecule has 92 valence electrons. The highest BCUT2D eigenvalue weighted by Crippen LogP contribution is 2.33. The average Bonchev–Trinajstić information content (AvgIpc) is 2.76. The van der Waals surface area contributed by atoms with E-state index in [0.29, 0.717) is 0 Å². The standard InChI is InChI=1S/C15H22N2/c1-11-4-2-7-15(11)17-9-8-12-5-3-6-14(16)13(12)10-17/h3,5-6,11,15H,2,4,7-10,16H2,1H3. The fourth-order valence-corrected chi connectivity index (χ4v) is 3.58. The monoisotopic (exact) mass is 230 g/mol. The van der Waals surface area contributed by atoms with Crippen LogP contribution in [0.2, 0.25) is 0 Å². The van der Waals surface area contributed by atoms with Crippen LogP contribution in [0.25, 0.3) is 0 Å². The van der Waals surface area contributed by atoms with Crippen molar-refractivity contribution in [2.75, 3.05) is 12.3 Å². The lowest BCUT2D eigenvalue weighted by Gasteiger charge is -2.36. The number of benzene rings is 1. The lowest BCUT2D eigenvalue weighted by Crippen LogP contribution is -2.40. The Morgan fingerprint density at radius 3 is 2.94 bits per heavy atom. The van der Waals surface area contributed by atoms with Crippen LogP contribution in [-0.2, 0) is 13.0 Å². The summed E-state index contributed by atoms with van der Waals surface area (Å²) in [5.74, 6) is 0.862. The van der Waals surface area contributed by atoms with Gasteiger partial charge < -0.3 is 5.73 Å². The predicted octanol–water partition coefficient (Wildman–Crippen LogP) is 2.82. The van der Waals surface area contributed by atoms with Crippen molar-refractivity contribution >= 4 is 5.69 Å². The molecular weight excluding hydrogens is 208 g/mol. The Labute approximate surface area is 104 Å². The third-order valence-electron chi connectivity index (χ3n) is 4.62. The van der Waals surface area contributed by atoms with Crippen LogP contribution in [0.3, 0.4) is 0 Å². The smallest absolute Gasteiger partial charge is 0.0362 e. The molecule has 2 unspecified atom stereocenters. The van der Waals surface area contributed by atoms with E-state index in [-0.39, 0.29) is 0 Å². The van der Waals surface area contributed by atoms with E-state index in [0.717, 1.165) is 24.2 Å². The molecule has 2 atom stereocenters.